The molecule has 0 atom stereocenters. The zero-order chi connectivity index (χ0) is 17.8. The van der Waals surface area contributed by atoms with Crippen molar-refractivity contribution in [3.05, 3.63) is 72.3 Å². The number of anilines is 1. The molecule has 3 aromatic rings. The lowest BCUT2D eigenvalue weighted by Gasteiger charge is -2.29. The van der Waals surface area contributed by atoms with Gasteiger partial charge in [-0.25, -0.2) is 4.98 Å². The van der Waals surface area contributed by atoms with E-state index in [1.807, 2.05) is 48.5 Å². The Hall–Kier alpha value is -3.12. The molecule has 0 aliphatic carbocycles. The van der Waals surface area contributed by atoms with E-state index >= 15 is 0 Å². The van der Waals surface area contributed by atoms with Gasteiger partial charge < -0.3 is 4.90 Å². The summed E-state index contributed by atoms with van der Waals surface area (Å²) in [4.78, 5) is 7.28. The highest BCUT2D eigenvalue weighted by Crippen LogP contribution is 2.34. The topological polar surface area (TPSA) is 39.9 Å². The Labute approximate surface area is 154 Å². The molecule has 0 radical (unpaired) electrons. The van der Waals surface area contributed by atoms with Gasteiger partial charge in [0.1, 0.15) is 11.9 Å². The van der Waals surface area contributed by atoms with Crippen LogP contribution >= 0.6 is 0 Å². The second-order valence-corrected chi connectivity index (χ2v) is 6.64. The molecule has 0 spiro atoms. The molecule has 3 heteroatoms. The minimum Gasteiger partial charge on any atom is -0.357 e. The van der Waals surface area contributed by atoms with Gasteiger partial charge in [-0.2, -0.15) is 5.26 Å². The largest absolute Gasteiger partial charge is 0.357 e. The Morgan fingerprint density at radius 1 is 0.808 bits per heavy atom. The predicted molar refractivity (Wildman–Crippen MR) is 106 cm³/mol. The third-order valence-electron chi connectivity index (χ3n) is 4.93. The fourth-order valence-electron chi connectivity index (χ4n) is 3.58. The summed E-state index contributed by atoms with van der Waals surface area (Å²) < 4.78 is 0. The van der Waals surface area contributed by atoms with Crippen LogP contribution in [0.4, 0.5) is 5.82 Å². The van der Waals surface area contributed by atoms with Gasteiger partial charge in [0.15, 0.2) is 0 Å². The first kappa shape index (κ1) is 16.4. The van der Waals surface area contributed by atoms with Crippen LogP contribution in [0.2, 0.25) is 0 Å². The molecule has 1 aliphatic heterocycles. The molecule has 2 aromatic carbocycles. The highest BCUT2D eigenvalue weighted by molar-refractivity contribution is 5.82. The van der Waals surface area contributed by atoms with Gasteiger partial charge in [-0.1, -0.05) is 60.7 Å². The van der Waals surface area contributed by atoms with E-state index in [4.69, 9.17) is 4.98 Å². The molecule has 0 saturated carbocycles. The number of nitrogens with zero attached hydrogens (tertiary/aromatic N) is 3. The molecule has 0 N–H and O–H groups in total. The van der Waals surface area contributed by atoms with E-state index in [1.54, 1.807) is 0 Å². The molecule has 0 bridgehead atoms. The van der Waals surface area contributed by atoms with E-state index in [9.17, 15) is 5.26 Å². The number of rotatable bonds is 3. The lowest BCUT2D eigenvalue weighted by Crippen LogP contribution is -2.30. The van der Waals surface area contributed by atoms with Crippen LogP contribution in [0.1, 0.15) is 24.8 Å². The molecule has 1 aromatic heterocycles. The van der Waals surface area contributed by atoms with Crippen molar-refractivity contribution in [1.82, 2.24) is 4.98 Å². The first-order chi connectivity index (χ1) is 12.9. The number of nitriles is 1. The summed E-state index contributed by atoms with van der Waals surface area (Å²) in [7, 11) is 0. The Morgan fingerprint density at radius 2 is 1.42 bits per heavy atom. The molecule has 128 valence electrons. The fourth-order valence-corrected chi connectivity index (χ4v) is 3.58. The van der Waals surface area contributed by atoms with Crippen LogP contribution in [0.3, 0.4) is 0 Å². The number of hydrogen-bond acceptors (Lipinski definition) is 3. The molecular weight excluding hydrogens is 318 g/mol. The maximum absolute atomic E-state index is 9.92. The van der Waals surface area contributed by atoms with Crippen molar-refractivity contribution in [2.45, 2.75) is 19.3 Å². The number of hydrogen-bond donors (Lipinski definition) is 0. The lowest BCUT2D eigenvalue weighted by molar-refractivity contribution is 0.573. The number of aromatic nitrogens is 1. The molecule has 1 fully saturated rings. The molecule has 3 nitrogen and oxygen atoms in total. The van der Waals surface area contributed by atoms with Gasteiger partial charge in [0, 0.05) is 24.2 Å². The summed E-state index contributed by atoms with van der Waals surface area (Å²) in [6, 6.07) is 24.7. The van der Waals surface area contributed by atoms with Crippen LogP contribution in [-0.4, -0.2) is 18.1 Å². The van der Waals surface area contributed by atoms with E-state index in [0.29, 0.717) is 5.56 Å². The summed E-state index contributed by atoms with van der Waals surface area (Å²) in [5.41, 5.74) is 4.42. The standard InChI is InChI=1S/C23H21N3/c24-17-21-20(18-10-4-1-5-11-18)16-22(26-14-8-3-9-15-26)25-23(21)19-12-6-2-7-13-19/h1-2,4-7,10-13,16H,3,8-9,14-15H2. The highest BCUT2D eigenvalue weighted by atomic mass is 15.2. The van der Waals surface area contributed by atoms with E-state index in [1.165, 1.54) is 19.3 Å². The number of piperidine rings is 1. The summed E-state index contributed by atoms with van der Waals surface area (Å²) in [6.07, 6.45) is 3.68. The highest BCUT2D eigenvalue weighted by Gasteiger charge is 2.19. The van der Waals surface area contributed by atoms with Crippen molar-refractivity contribution >= 4 is 5.82 Å². The third kappa shape index (κ3) is 3.19. The SMILES string of the molecule is N#Cc1c(-c2ccccc2)cc(N2CCCCC2)nc1-c1ccccc1. The molecule has 1 aliphatic rings. The van der Waals surface area contributed by atoms with Crippen molar-refractivity contribution in [3.63, 3.8) is 0 Å². The quantitative estimate of drug-likeness (QED) is 0.652. The summed E-state index contributed by atoms with van der Waals surface area (Å²) in [5.74, 6) is 0.974. The van der Waals surface area contributed by atoms with E-state index in [-0.39, 0.29) is 0 Å². The molecule has 0 amide bonds. The predicted octanol–water partition coefficient (Wildman–Crippen LogP) is 5.28. The molecule has 0 unspecified atom stereocenters. The van der Waals surface area contributed by atoms with Crippen LogP contribution in [0.5, 0.6) is 0 Å². The number of pyridine rings is 1. The van der Waals surface area contributed by atoms with Crippen molar-refractivity contribution in [2.75, 3.05) is 18.0 Å². The van der Waals surface area contributed by atoms with Gasteiger partial charge in [-0.15, -0.1) is 0 Å². The van der Waals surface area contributed by atoms with Gasteiger partial charge in [-0.05, 0) is 30.9 Å². The van der Waals surface area contributed by atoms with Crippen LogP contribution in [0, 0.1) is 11.3 Å². The van der Waals surface area contributed by atoms with Gasteiger partial charge in [0.25, 0.3) is 0 Å². The third-order valence-corrected chi connectivity index (χ3v) is 4.93. The van der Waals surface area contributed by atoms with Crippen molar-refractivity contribution < 1.29 is 0 Å². The molecule has 2 heterocycles. The Bertz CT molecular complexity index is 860. The van der Waals surface area contributed by atoms with Crippen LogP contribution in [0.25, 0.3) is 22.4 Å². The lowest BCUT2D eigenvalue weighted by atomic mass is 9.96. The maximum Gasteiger partial charge on any atom is 0.129 e. The van der Waals surface area contributed by atoms with Crippen LogP contribution in [0.15, 0.2) is 66.7 Å². The monoisotopic (exact) mass is 339 g/mol. The van der Waals surface area contributed by atoms with Crippen LogP contribution < -0.4 is 4.90 Å². The molecule has 26 heavy (non-hydrogen) atoms. The smallest absolute Gasteiger partial charge is 0.129 e. The van der Waals surface area contributed by atoms with Crippen LogP contribution in [-0.2, 0) is 0 Å². The summed E-state index contributed by atoms with van der Waals surface area (Å²) in [6.45, 7) is 2.06. The normalized spacial score (nSPS) is 14.0. The molecule has 1 saturated heterocycles. The molecular formula is C23H21N3. The maximum atomic E-state index is 9.92. The van der Waals surface area contributed by atoms with Crippen molar-refractivity contribution in [3.8, 4) is 28.5 Å². The van der Waals surface area contributed by atoms with E-state index in [2.05, 4.69) is 29.2 Å². The average Bonchev–Trinajstić information content (AvgIpc) is 2.74. The minimum atomic E-state index is 0.642. The van der Waals surface area contributed by atoms with E-state index < -0.39 is 0 Å². The summed E-state index contributed by atoms with van der Waals surface area (Å²) in [5, 5.41) is 9.92. The second-order valence-electron chi connectivity index (χ2n) is 6.64. The number of benzene rings is 2. The van der Waals surface area contributed by atoms with Crippen molar-refractivity contribution in [1.29, 1.82) is 5.26 Å². The Morgan fingerprint density at radius 3 is 2.04 bits per heavy atom. The Kier molecular flexibility index (Phi) is 4.66. The zero-order valence-corrected chi connectivity index (χ0v) is 14.7. The van der Waals surface area contributed by atoms with Gasteiger partial charge in [0.05, 0.1) is 11.3 Å². The Balaban J connectivity index is 1.93. The van der Waals surface area contributed by atoms with E-state index in [0.717, 1.165) is 41.3 Å². The summed E-state index contributed by atoms with van der Waals surface area (Å²) >= 11 is 0. The minimum absolute atomic E-state index is 0.642. The average molecular weight is 339 g/mol. The zero-order valence-electron chi connectivity index (χ0n) is 14.7. The van der Waals surface area contributed by atoms with Gasteiger partial charge in [0.2, 0.25) is 0 Å². The van der Waals surface area contributed by atoms with Gasteiger partial charge >= 0.3 is 0 Å². The first-order valence-corrected chi connectivity index (χ1v) is 9.18. The second kappa shape index (κ2) is 7.41. The molecule has 4 rings (SSSR count). The van der Waals surface area contributed by atoms with Crippen molar-refractivity contribution in [2.24, 2.45) is 0 Å². The van der Waals surface area contributed by atoms with Gasteiger partial charge in [-0.3, -0.25) is 0 Å². The first-order valence-electron chi connectivity index (χ1n) is 9.18. The fraction of sp³-hybridized carbons (Fsp3) is 0.217.